The third-order valence-electron chi connectivity index (χ3n) is 3.77. The summed E-state index contributed by atoms with van der Waals surface area (Å²) in [6.45, 7) is 3.39. The van der Waals surface area contributed by atoms with Gasteiger partial charge in [-0.25, -0.2) is 0 Å². The molecule has 2 aromatic carbocycles. The molecule has 0 amide bonds. The second-order valence-corrected chi connectivity index (χ2v) is 6.33. The van der Waals surface area contributed by atoms with Crippen LogP contribution in [0.4, 0.5) is 11.4 Å². The molecule has 0 fully saturated rings. The predicted molar refractivity (Wildman–Crippen MR) is 88.2 cm³/mol. The molecular weight excluding hydrogens is 262 g/mol. The Morgan fingerprint density at radius 3 is 2.00 bits per heavy atom. The van der Waals surface area contributed by atoms with Gasteiger partial charge >= 0.3 is 0 Å². The van der Waals surface area contributed by atoms with Crippen LogP contribution in [0.15, 0.2) is 58.3 Å². The zero-order valence-corrected chi connectivity index (χ0v) is 12.8. The lowest BCUT2D eigenvalue weighted by molar-refractivity contribution is 0.666. The number of unbranched alkanes of at least 4 members (excludes halogenated alkanes) is 3. The van der Waals surface area contributed by atoms with Crippen molar-refractivity contribution in [3.05, 3.63) is 48.5 Å². The van der Waals surface area contributed by atoms with E-state index in [4.69, 9.17) is 0 Å². The predicted octanol–water partition coefficient (Wildman–Crippen LogP) is 5.87. The quantitative estimate of drug-likeness (QED) is 0.631. The molecule has 1 aliphatic heterocycles. The fraction of sp³-hybridized carbons (Fsp3) is 0.333. The van der Waals surface area contributed by atoms with Crippen molar-refractivity contribution in [3.63, 3.8) is 0 Å². The second-order valence-electron chi connectivity index (χ2n) is 5.25. The van der Waals surface area contributed by atoms with Gasteiger partial charge in [0.15, 0.2) is 0 Å². The Morgan fingerprint density at radius 1 is 0.800 bits per heavy atom. The molecule has 0 aliphatic carbocycles. The molecule has 104 valence electrons. The molecular formula is C18H21NS. The van der Waals surface area contributed by atoms with Gasteiger partial charge in [-0.05, 0) is 30.7 Å². The van der Waals surface area contributed by atoms with Gasteiger partial charge in [0.1, 0.15) is 0 Å². The maximum atomic E-state index is 2.50. The Balaban J connectivity index is 1.87. The average molecular weight is 283 g/mol. The van der Waals surface area contributed by atoms with E-state index in [-0.39, 0.29) is 0 Å². The van der Waals surface area contributed by atoms with Crippen molar-refractivity contribution in [2.45, 2.75) is 42.4 Å². The first kappa shape index (κ1) is 13.6. The van der Waals surface area contributed by atoms with Crippen LogP contribution >= 0.6 is 11.8 Å². The standard InChI is InChI=1S/C18H21NS/c1-2-3-4-9-14-19-15-10-5-7-12-17(15)20-18-13-8-6-11-16(18)19/h5-8,10-13H,2-4,9,14H2,1H3. The van der Waals surface area contributed by atoms with Gasteiger partial charge in [0.05, 0.1) is 11.4 Å². The SMILES string of the molecule is CCCCCCN1c2ccccc2Sc2ccccc21. The van der Waals surface area contributed by atoms with Crippen molar-refractivity contribution in [1.29, 1.82) is 0 Å². The lowest BCUT2D eigenvalue weighted by Gasteiger charge is -2.32. The number of benzene rings is 2. The van der Waals surface area contributed by atoms with E-state index in [0.29, 0.717) is 0 Å². The van der Waals surface area contributed by atoms with Gasteiger partial charge in [-0.15, -0.1) is 0 Å². The zero-order valence-electron chi connectivity index (χ0n) is 12.0. The third-order valence-corrected chi connectivity index (χ3v) is 4.90. The summed E-state index contributed by atoms with van der Waals surface area (Å²) >= 11 is 1.89. The van der Waals surface area contributed by atoms with Crippen molar-refractivity contribution in [2.75, 3.05) is 11.4 Å². The molecule has 2 aromatic rings. The minimum absolute atomic E-state index is 1.12. The first-order valence-electron chi connectivity index (χ1n) is 7.53. The number of nitrogens with zero attached hydrogens (tertiary/aromatic N) is 1. The second kappa shape index (κ2) is 6.36. The first-order chi connectivity index (χ1) is 9.90. The lowest BCUT2D eigenvalue weighted by Crippen LogP contribution is -2.21. The Bertz CT molecular complexity index is 534. The summed E-state index contributed by atoms with van der Waals surface area (Å²) in [7, 11) is 0. The molecule has 0 saturated carbocycles. The van der Waals surface area contributed by atoms with Gasteiger partial charge in [0, 0.05) is 16.3 Å². The average Bonchev–Trinajstić information content (AvgIpc) is 2.50. The van der Waals surface area contributed by atoms with Gasteiger partial charge in [-0.3, -0.25) is 0 Å². The maximum absolute atomic E-state index is 2.50. The minimum atomic E-state index is 1.12. The molecule has 0 saturated heterocycles. The van der Waals surface area contributed by atoms with E-state index >= 15 is 0 Å². The molecule has 0 atom stereocenters. The largest absolute Gasteiger partial charge is 0.340 e. The number of hydrogen-bond donors (Lipinski definition) is 0. The molecule has 3 rings (SSSR count). The van der Waals surface area contributed by atoms with E-state index < -0.39 is 0 Å². The Morgan fingerprint density at radius 2 is 1.40 bits per heavy atom. The smallest absolute Gasteiger partial charge is 0.0552 e. The van der Waals surface area contributed by atoms with E-state index in [1.165, 1.54) is 46.8 Å². The first-order valence-corrected chi connectivity index (χ1v) is 8.35. The Kier molecular flexibility index (Phi) is 4.31. The highest BCUT2D eigenvalue weighted by Crippen LogP contribution is 2.47. The molecule has 1 nitrogen and oxygen atoms in total. The highest BCUT2D eigenvalue weighted by molar-refractivity contribution is 7.99. The van der Waals surface area contributed by atoms with Crippen LogP contribution in [0.5, 0.6) is 0 Å². The lowest BCUT2D eigenvalue weighted by atomic mass is 10.1. The van der Waals surface area contributed by atoms with Crippen molar-refractivity contribution in [1.82, 2.24) is 0 Å². The molecule has 0 spiro atoms. The number of rotatable bonds is 5. The van der Waals surface area contributed by atoms with E-state index in [1.54, 1.807) is 0 Å². The molecule has 20 heavy (non-hydrogen) atoms. The van der Waals surface area contributed by atoms with Gasteiger partial charge < -0.3 is 4.90 Å². The summed E-state index contributed by atoms with van der Waals surface area (Å²) in [6, 6.07) is 17.5. The highest BCUT2D eigenvalue weighted by atomic mass is 32.2. The molecule has 2 heteroatoms. The molecule has 0 aromatic heterocycles. The number of hydrogen-bond acceptors (Lipinski definition) is 2. The molecule has 0 unspecified atom stereocenters. The van der Waals surface area contributed by atoms with Crippen molar-refractivity contribution < 1.29 is 0 Å². The van der Waals surface area contributed by atoms with Crippen molar-refractivity contribution in [3.8, 4) is 0 Å². The summed E-state index contributed by atoms with van der Waals surface area (Å²) < 4.78 is 0. The molecule has 1 aliphatic rings. The normalized spacial score (nSPS) is 12.9. The highest BCUT2D eigenvalue weighted by Gasteiger charge is 2.21. The van der Waals surface area contributed by atoms with Gasteiger partial charge in [-0.1, -0.05) is 62.2 Å². The number of fused-ring (bicyclic) bond motifs is 2. The van der Waals surface area contributed by atoms with Crippen LogP contribution in [0.25, 0.3) is 0 Å². The number of anilines is 2. The summed E-state index contributed by atoms with van der Waals surface area (Å²) in [5, 5.41) is 0. The van der Waals surface area contributed by atoms with Crippen molar-refractivity contribution in [2.24, 2.45) is 0 Å². The van der Waals surface area contributed by atoms with Crippen molar-refractivity contribution >= 4 is 23.1 Å². The molecule has 0 N–H and O–H groups in total. The zero-order chi connectivity index (χ0) is 13.8. The topological polar surface area (TPSA) is 3.24 Å². The summed E-state index contributed by atoms with van der Waals surface area (Å²) in [6.07, 6.45) is 5.22. The monoisotopic (exact) mass is 283 g/mol. The van der Waals surface area contributed by atoms with Crippen LogP contribution < -0.4 is 4.90 Å². The van der Waals surface area contributed by atoms with E-state index in [9.17, 15) is 0 Å². The van der Waals surface area contributed by atoms with Crippen LogP contribution in [-0.2, 0) is 0 Å². The third kappa shape index (κ3) is 2.71. The van der Waals surface area contributed by atoms with E-state index in [2.05, 4.69) is 60.4 Å². The molecule has 1 heterocycles. The van der Waals surface area contributed by atoms with Crippen LogP contribution in [0.3, 0.4) is 0 Å². The summed E-state index contributed by atoms with van der Waals surface area (Å²) in [4.78, 5) is 5.25. The van der Waals surface area contributed by atoms with E-state index in [1.807, 2.05) is 11.8 Å². The fourth-order valence-corrected chi connectivity index (χ4v) is 3.81. The Hall–Kier alpha value is -1.41. The minimum Gasteiger partial charge on any atom is -0.340 e. The van der Waals surface area contributed by atoms with Gasteiger partial charge in [0.2, 0.25) is 0 Å². The fourth-order valence-electron chi connectivity index (χ4n) is 2.72. The summed E-state index contributed by atoms with van der Waals surface area (Å²) in [5.74, 6) is 0. The molecule has 0 bridgehead atoms. The van der Waals surface area contributed by atoms with Gasteiger partial charge in [-0.2, -0.15) is 0 Å². The maximum Gasteiger partial charge on any atom is 0.0552 e. The van der Waals surface area contributed by atoms with Crippen LogP contribution in [-0.4, -0.2) is 6.54 Å². The Labute approximate surface area is 126 Å². The van der Waals surface area contributed by atoms with Gasteiger partial charge in [0.25, 0.3) is 0 Å². The molecule has 0 radical (unpaired) electrons. The van der Waals surface area contributed by atoms with Crippen LogP contribution in [0, 0.1) is 0 Å². The summed E-state index contributed by atoms with van der Waals surface area (Å²) in [5.41, 5.74) is 2.74. The number of para-hydroxylation sites is 2. The van der Waals surface area contributed by atoms with Crippen LogP contribution in [0.2, 0.25) is 0 Å². The van der Waals surface area contributed by atoms with E-state index in [0.717, 1.165) is 6.54 Å². The van der Waals surface area contributed by atoms with Crippen LogP contribution in [0.1, 0.15) is 32.6 Å².